The minimum absolute atomic E-state index is 0. The number of anilines is 1. The van der Waals surface area contributed by atoms with Crippen molar-refractivity contribution in [2.24, 2.45) is 11.7 Å². The fourth-order valence-corrected chi connectivity index (χ4v) is 3.27. The lowest BCUT2D eigenvalue weighted by molar-refractivity contribution is -0.119. The lowest BCUT2D eigenvalue weighted by Crippen LogP contribution is -2.23. The molecule has 4 N–H and O–H groups in total. The van der Waals surface area contributed by atoms with Gasteiger partial charge in [0.1, 0.15) is 0 Å². The molecule has 0 bridgehead atoms. The zero-order valence-electron chi connectivity index (χ0n) is 15.2. The summed E-state index contributed by atoms with van der Waals surface area (Å²) in [4.78, 5) is 24.5. The van der Waals surface area contributed by atoms with E-state index in [-0.39, 0.29) is 30.1 Å². The molecule has 0 spiro atoms. The molecule has 2 amide bonds. The summed E-state index contributed by atoms with van der Waals surface area (Å²) in [5.74, 6) is 0.104. The molecule has 5 nitrogen and oxygen atoms in total. The molecule has 0 atom stereocenters. The van der Waals surface area contributed by atoms with Crippen LogP contribution in [0.15, 0.2) is 48.5 Å². The van der Waals surface area contributed by atoms with Crippen molar-refractivity contribution < 1.29 is 9.59 Å². The number of nitrogens with two attached hydrogens (primary N) is 1. The third-order valence-corrected chi connectivity index (χ3v) is 4.83. The first kappa shape index (κ1) is 20.9. The molecule has 1 saturated carbocycles. The van der Waals surface area contributed by atoms with Crippen LogP contribution in [0.1, 0.15) is 47.2 Å². The molecule has 1 fully saturated rings. The molecular formula is C21H26ClN3O2. The Morgan fingerprint density at radius 1 is 1.00 bits per heavy atom. The average molecular weight is 388 g/mol. The van der Waals surface area contributed by atoms with Crippen molar-refractivity contribution in [3.8, 4) is 0 Å². The highest BCUT2D eigenvalue weighted by Crippen LogP contribution is 2.26. The van der Waals surface area contributed by atoms with E-state index in [1.807, 2.05) is 36.4 Å². The number of amides is 2. The largest absolute Gasteiger partial charge is 0.348 e. The van der Waals surface area contributed by atoms with E-state index in [9.17, 15) is 9.59 Å². The number of carbonyl (C=O) groups excluding carboxylic acids is 2. The van der Waals surface area contributed by atoms with E-state index in [0.29, 0.717) is 18.7 Å². The van der Waals surface area contributed by atoms with Crippen molar-refractivity contribution in [1.29, 1.82) is 0 Å². The second-order valence-electron chi connectivity index (χ2n) is 6.75. The highest BCUT2D eigenvalue weighted by atomic mass is 35.5. The van der Waals surface area contributed by atoms with E-state index >= 15 is 0 Å². The summed E-state index contributed by atoms with van der Waals surface area (Å²) in [7, 11) is 0. The Kier molecular flexibility index (Phi) is 7.82. The number of halogens is 1. The highest BCUT2D eigenvalue weighted by molar-refractivity contribution is 5.94. The molecule has 1 aliphatic carbocycles. The molecule has 0 aromatic heterocycles. The van der Waals surface area contributed by atoms with Gasteiger partial charge in [0.05, 0.1) is 0 Å². The summed E-state index contributed by atoms with van der Waals surface area (Å²) in [6, 6.07) is 14.9. The number of hydrogen-bond acceptors (Lipinski definition) is 3. The summed E-state index contributed by atoms with van der Waals surface area (Å²) >= 11 is 0. The monoisotopic (exact) mass is 387 g/mol. The maximum Gasteiger partial charge on any atom is 0.251 e. The van der Waals surface area contributed by atoms with Crippen LogP contribution in [0.2, 0.25) is 0 Å². The smallest absolute Gasteiger partial charge is 0.251 e. The SMILES string of the molecule is Cl.NCc1ccc(C(=O)NCc2cccc(NC(=O)C3CCCC3)c2)cc1. The summed E-state index contributed by atoms with van der Waals surface area (Å²) in [6.07, 6.45) is 4.22. The zero-order chi connectivity index (χ0) is 18.4. The molecule has 0 aliphatic heterocycles. The van der Waals surface area contributed by atoms with Crippen molar-refractivity contribution in [3.05, 3.63) is 65.2 Å². The van der Waals surface area contributed by atoms with Gasteiger partial charge in [-0.2, -0.15) is 0 Å². The van der Waals surface area contributed by atoms with Gasteiger partial charge in [-0.3, -0.25) is 9.59 Å². The Bertz CT molecular complexity index is 771. The molecular weight excluding hydrogens is 362 g/mol. The maximum atomic E-state index is 12.2. The third kappa shape index (κ3) is 5.81. The van der Waals surface area contributed by atoms with Crippen LogP contribution in [-0.4, -0.2) is 11.8 Å². The first-order chi connectivity index (χ1) is 12.7. The van der Waals surface area contributed by atoms with Gasteiger partial charge in [-0.1, -0.05) is 37.1 Å². The van der Waals surface area contributed by atoms with E-state index in [1.165, 1.54) is 0 Å². The molecule has 0 heterocycles. The van der Waals surface area contributed by atoms with Gasteiger partial charge in [-0.15, -0.1) is 12.4 Å². The Balaban J connectivity index is 0.00000261. The van der Waals surface area contributed by atoms with Crippen molar-refractivity contribution in [2.75, 3.05) is 5.32 Å². The van der Waals surface area contributed by atoms with Crippen LogP contribution in [-0.2, 0) is 17.9 Å². The van der Waals surface area contributed by atoms with E-state index in [0.717, 1.165) is 42.5 Å². The normalized spacial score (nSPS) is 13.7. The van der Waals surface area contributed by atoms with Crippen LogP contribution in [0, 0.1) is 5.92 Å². The van der Waals surface area contributed by atoms with Gasteiger partial charge in [0.15, 0.2) is 0 Å². The van der Waals surface area contributed by atoms with E-state index < -0.39 is 0 Å². The lowest BCUT2D eigenvalue weighted by Gasteiger charge is -2.12. The lowest BCUT2D eigenvalue weighted by atomic mass is 10.1. The first-order valence-corrected chi connectivity index (χ1v) is 9.13. The van der Waals surface area contributed by atoms with Gasteiger partial charge in [-0.25, -0.2) is 0 Å². The number of carbonyl (C=O) groups is 2. The van der Waals surface area contributed by atoms with Crippen LogP contribution >= 0.6 is 12.4 Å². The van der Waals surface area contributed by atoms with Crippen LogP contribution < -0.4 is 16.4 Å². The standard InChI is InChI=1S/C21H25N3O2.ClH/c22-13-15-8-10-18(11-9-15)20(25)23-14-16-4-3-7-19(12-16)24-21(26)17-5-1-2-6-17;/h3-4,7-12,17H,1-2,5-6,13-14,22H2,(H,23,25)(H,24,26);1H. The van der Waals surface area contributed by atoms with E-state index in [2.05, 4.69) is 10.6 Å². The predicted molar refractivity (Wildman–Crippen MR) is 110 cm³/mol. The highest BCUT2D eigenvalue weighted by Gasteiger charge is 2.22. The van der Waals surface area contributed by atoms with Crippen molar-refractivity contribution in [1.82, 2.24) is 5.32 Å². The van der Waals surface area contributed by atoms with E-state index in [4.69, 9.17) is 5.73 Å². The average Bonchev–Trinajstić information content (AvgIpc) is 3.21. The number of hydrogen-bond donors (Lipinski definition) is 3. The minimum atomic E-state index is -0.131. The number of nitrogens with one attached hydrogen (secondary N) is 2. The number of benzene rings is 2. The predicted octanol–water partition coefficient (Wildman–Crippen LogP) is 3.63. The van der Waals surface area contributed by atoms with Crippen molar-refractivity contribution in [3.63, 3.8) is 0 Å². The van der Waals surface area contributed by atoms with Crippen LogP contribution in [0.4, 0.5) is 5.69 Å². The van der Waals surface area contributed by atoms with Crippen LogP contribution in [0.3, 0.4) is 0 Å². The fraction of sp³-hybridized carbons (Fsp3) is 0.333. The molecule has 3 rings (SSSR count). The van der Waals surface area contributed by atoms with Gasteiger partial charge in [0.25, 0.3) is 5.91 Å². The minimum Gasteiger partial charge on any atom is -0.348 e. The van der Waals surface area contributed by atoms with Crippen LogP contribution in [0.5, 0.6) is 0 Å². The molecule has 6 heteroatoms. The van der Waals surface area contributed by atoms with Crippen molar-refractivity contribution >= 4 is 29.9 Å². The van der Waals surface area contributed by atoms with Gasteiger partial charge in [0.2, 0.25) is 5.91 Å². The molecule has 144 valence electrons. The molecule has 2 aromatic rings. The van der Waals surface area contributed by atoms with Gasteiger partial charge < -0.3 is 16.4 Å². The summed E-state index contributed by atoms with van der Waals surface area (Å²) in [6.45, 7) is 0.867. The maximum absolute atomic E-state index is 12.2. The zero-order valence-corrected chi connectivity index (χ0v) is 16.1. The Hall–Kier alpha value is -2.37. The van der Waals surface area contributed by atoms with Gasteiger partial charge in [-0.05, 0) is 48.2 Å². The Morgan fingerprint density at radius 2 is 1.70 bits per heavy atom. The first-order valence-electron chi connectivity index (χ1n) is 9.13. The second-order valence-corrected chi connectivity index (χ2v) is 6.75. The topological polar surface area (TPSA) is 84.2 Å². The Morgan fingerprint density at radius 3 is 2.37 bits per heavy atom. The molecule has 2 aromatic carbocycles. The fourth-order valence-electron chi connectivity index (χ4n) is 3.27. The second kappa shape index (κ2) is 10.1. The summed E-state index contributed by atoms with van der Waals surface area (Å²) < 4.78 is 0. The molecule has 0 saturated heterocycles. The van der Waals surface area contributed by atoms with Crippen LogP contribution in [0.25, 0.3) is 0 Å². The molecule has 0 unspecified atom stereocenters. The Labute approximate surface area is 166 Å². The molecule has 27 heavy (non-hydrogen) atoms. The number of rotatable bonds is 6. The van der Waals surface area contributed by atoms with Crippen molar-refractivity contribution in [2.45, 2.75) is 38.8 Å². The quantitative estimate of drug-likeness (QED) is 0.707. The van der Waals surface area contributed by atoms with E-state index in [1.54, 1.807) is 12.1 Å². The molecule has 0 radical (unpaired) electrons. The van der Waals surface area contributed by atoms with Gasteiger partial charge >= 0.3 is 0 Å². The summed E-state index contributed by atoms with van der Waals surface area (Å²) in [5.41, 5.74) is 8.89. The van der Waals surface area contributed by atoms with Gasteiger partial charge in [0, 0.05) is 30.3 Å². The summed E-state index contributed by atoms with van der Waals surface area (Å²) in [5, 5.41) is 5.90. The molecule has 1 aliphatic rings. The third-order valence-electron chi connectivity index (χ3n) is 4.83.